The minimum atomic E-state index is -0.394. The summed E-state index contributed by atoms with van der Waals surface area (Å²) in [5.41, 5.74) is 1.32. The van der Waals surface area contributed by atoms with Crippen molar-refractivity contribution in [3.05, 3.63) is 11.4 Å². The van der Waals surface area contributed by atoms with Gasteiger partial charge in [0.15, 0.2) is 5.69 Å². The fourth-order valence-electron chi connectivity index (χ4n) is 2.67. The first-order valence-electron chi connectivity index (χ1n) is 5.91. The summed E-state index contributed by atoms with van der Waals surface area (Å²) in [5, 5.41) is 10.6. The molecule has 0 saturated heterocycles. The van der Waals surface area contributed by atoms with Gasteiger partial charge in [-0.25, -0.2) is 4.79 Å². The van der Waals surface area contributed by atoms with Gasteiger partial charge in [-0.05, 0) is 17.8 Å². The predicted octanol–water partition coefficient (Wildman–Crippen LogP) is 2.13. The highest BCUT2D eigenvalue weighted by Gasteiger charge is 2.67. The van der Waals surface area contributed by atoms with Crippen LogP contribution >= 0.6 is 0 Å². The van der Waals surface area contributed by atoms with E-state index in [2.05, 4.69) is 43.1 Å². The number of rotatable bonds is 3. The Labute approximate surface area is 101 Å². The number of nitrogens with one attached hydrogen (secondary N) is 1. The SMILES string of the molecule is CCOC(=O)c1n[nH]nc1C1C(C)(C)C1(C)C. The quantitative estimate of drug-likeness (QED) is 0.818. The summed E-state index contributed by atoms with van der Waals surface area (Å²) in [6.07, 6.45) is 0. The number of hydrogen-bond donors (Lipinski definition) is 1. The molecular weight excluding hydrogens is 218 g/mol. The molecule has 1 fully saturated rings. The van der Waals surface area contributed by atoms with Gasteiger partial charge in [0.25, 0.3) is 0 Å². The average Bonchev–Trinajstić information content (AvgIpc) is 2.58. The van der Waals surface area contributed by atoms with Gasteiger partial charge >= 0.3 is 5.97 Å². The van der Waals surface area contributed by atoms with Crippen LogP contribution < -0.4 is 0 Å². The lowest BCUT2D eigenvalue weighted by atomic mass is 10.0. The standard InChI is InChI=1S/C12H19N3O2/c1-6-17-10(16)8-7(13-15-14-8)9-11(2,3)12(9,4)5/h9H,6H2,1-5H3,(H,13,14,15). The van der Waals surface area contributed by atoms with E-state index >= 15 is 0 Å². The summed E-state index contributed by atoms with van der Waals surface area (Å²) < 4.78 is 4.98. The molecule has 2 rings (SSSR count). The third-order valence-corrected chi connectivity index (χ3v) is 4.34. The molecule has 0 bridgehead atoms. The van der Waals surface area contributed by atoms with Crippen LogP contribution in [-0.2, 0) is 4.74 Å². The van der Waals surface area contributed by atoms with Gasteiger partial charge in [0.1, 0.15) is 5.69 Å². The highest BCUT2D eigenvalue weighted by atomic mass is 16.5. The Bertz CT molecular complexity index is 434. The zero-order chi connectivity index (χ0) is 12.8. The second kappa shape index (κ2) is 3.55. The van der Waals surface area contributed by atoms with Crippen LogP contribution in [0.15, 0.2) is 0 Å². The molecule has 1 saturated carbocycles. The molecule has 1 aromatic heterocycles. The van der Waals surface area contributed by atoms with Crippen LogP contribution in [0.25, 0.3) is 0 Å². The number of aromatic nitrogens is 3. The van der Waals surface area contributed by atoms with Gasteiger partial charge in [0, 0.05) is 5.92 Å². The second-order valence-corrected chi connectivity index (χ2v) is 5.65. The number of ether oxygens (including phenoxy) is 1. The molecule has 0 amide bonds. The van der Waals surface area contributed by atoms with Crippen LogP contribution in [-0.4, -0.2) is 28.0 Å². The van der Waals surface area contributed by atoms with E-state index < -0.39 is 5.97 Å². The number of esters is 1. The molecule has 17 heavy (non-hydrogen) atoms. The minimum Gasteiger partial charge on any atom is -0.461 e. The molecule has 0 atom stereocenters. The molecule has 5 nitrogen and oxygen atoms in total. The summed E-state index contributed by atoms with van der Waals surface area (Å²) in [6, 6.07) is 0. The summed E-state index contributed by atoms with van der Waals surface area (Å²) >= 11 is 0. The van der Waals surface area contributed by atoms with Crippen LogP contribution in [0.1, 0.15) is 56.7 Å². The van der Waals surface area contributed by atoms with Crippen molar-refractivity contribution < 1.29 is 9.53 Å². The lowest BCUT2D eigenvalue weighted by Gasteiger charge is -2.03. The van der Waals surface area contributed by atoms with Crippen molar-refractivity contribution in [2.24, 2.45) is 10.8 Å². The summed E-state index contributed by atoms with van der Waals surface area (Å²) in [4.78, 5) is 11.7. The maximum Gasteiger partial charge on any atom is 0.360 e. The fourth-order valence-corrected chi connectivity index (χ4v) is 2.67. The molecule has 94 valence electrons. The molecule has 5 heteroatoms. The Morgan fingerprint density at radius 2 is 1.88 bits per heavy atom. The number of H-pyrrole nitrogens is 1. The van der Waals surface area contributed by atoms with E-state index in [1.807, 2.05) is 0 Å². The van der Waals surface area contributed by atoms with Crippen LogP contribution in [0.5, 0.6) is 0 Å². The van der Waals surface area contributed by atoms with Crippen LogP contribution in [0.3, 0.4) is 0 Å². The highest BCUT2D eigenvalue weighted by Crippen LogP contribution is 2.73. The fraction of sp³-hybridized carbons (Fsp3) is 0.750. The number of hydrogen-bond acceptors (Lipinski definition) is 4. The molecule has 1 heterocycles. The summed E-state index contributed by atoms with van der Waals surface area (Å²) in [7, 11) is 0. The monoisotopic (exact) mass is 237 g/mol. The Balaban J connectivity index is 2.31. The molecule has 1 aliphatic carbocycles. The first kappa shape index (κ1) is 12.1. The van der Waals surface area contributed by atoms with E-state index in [9.17, 15) is 4.79 Å². The molecule has 0 unspecified atom stereocenters. The third-order valence-electron chi connectivity index (χ3n) is 4.34. The number of aromatic amines is 1. The van der Waals surface area contributed by atoms with E-state index in [1.54, 1.807) is 6.92 Å². The van der Waals surface area contributed by atoms with E-state index in [4.69, 9.17) is 4.74 Å². The van der Waals surface area contributed by atoms with Crippen molar-refractivity contribution in [1.82, 2.24) is 15.4 Å². The van der Waals surface area contributed by atoms with Crippen LogP contribution in [0, 0.1) is 10.8 Å². The lowest BCUT2D eigenvalue weighted by Crippen LogP contribution is -2.09. The van der Waals surface area contributed by atoms with Crippen LogP contribution in [0.2, 0.25) is 0 Å². The van der Waals surface area contributed by atoms with Gasteiger partial charge in [0.2, 0.25) is 0 Å². The molecule has 0 spiro atoms. The number of carbonyl (C=O) groups excluding carboxylic acids is 1. The Morgan fingerprint density at radius 3 is 2.35 bits per heavy atom. The molecule has 1 aliphatic rings. The summed E-state index contributed by atoms with van der Waals surface area (Å²) in [5.74, 6) is -0.150. The van der Waals surface area contributed by atoms with Gasteiger partial charge in [-0.15, -0.1) is 5.10 Å². The van der Waals surface area contributed by atoms with Crippen molar-refractivity contribution in [2.75, 3.05) is 6.61 Å². The van der Waals surface area contributed by atoms with Gasteiger partial charge in [0.05, 0.1) is 6.61 Å². The van der Waals surface area contributed by atoms with Gasteiger partial charge in [-0.2, -0.15) is 10.3 Å². The maximum atomic E-state index is 11.7. The molecule has 0 aliphatic heterocycles. The number of carbonyl (C=O) groups is 1. The van der Waals surface area contributed by atoms with Crippen molar-refractivity contribution in [1.29, 1.82) is 0 Å². The maximum absolute atomic E-state index is 11.7. The molecule has 1 N–H and O–H groups in total. The Morgan fingerprint density at radius 1 is 1.29 bits per heavy atom. The Kier molecular flexibility index (Phi) is 2.52. The van der Waals surface area contributed by atoms with Crippen molar-refractivity contribution >= 4 is 5.97 Å². The number of nitrogens with zero attached hydrogens (tertiary/aromatic N) is 2. The molecule has 1 aromatic rings. The van der Waals surface area contributed by atoms with Crippen LogP contribution in [0.4, 0.5) is 0 Å². The topological polar surface area (TPSA) is 67.9 Å². The van der Waals surface area contributed by atoms with Gasteiger partial charge in [-0.1, -0.05) is 27.7 Å². The van der Waals surface area contributed by atoms with E-state index in [-0.39, 0.29) is 16.7 Å². The normalized spacial score (nSPS) is 21.2. The van der Waals surface area contributed by atoms with E-state index in [0.29, 0.717) is 12.3 Å². The minimum absolute atomic E-state index is 0.130. The lowest BCUT2D eigenvalue weighted by molar-refractivity contribution is 0.0518. The van der Waals surface area contributed by atoms with Crippen molar-refractivity contribution in [2.45, 2.75) is 40.5 Å². The highest BCUT2D eigenvalue weighted by molar-refractivity contribution is 5.88. The summed E-state index contributed by atoms with van der Waals surface area (Å²) in [6.45, 7) is 10.9. The first-order valence-corrected chi connectivity index (χ1v) is 5.91. The molecular formula is C12H19N3O2. The van der Waals surface area contributed by atoms with E-state index in [1.165, 1.54) is 0 Å². The second-order valence-electron chi connectivity index (χ2n) is 5.65. The predicted molar refractivity (Wildman–Crippen MR) is 62.6 cm³/mol. The first-order chi connectivity index (χ1) is 7.84. The molecule has 0 radical (unpaired) electrons. The smallest absolute Gasteiger partial charge is 0.360 e. The van der Waals surface area contributed by atoms with Gasteiger partial charge in [-0.3, -0.25) is 0 Å². The molecule has 0 aromatic carbocycles. The van der Waals surface area contributed by atoms with Crippen molar-refractivity contribution in [3.63, 3.8) is 0 Å². The third kappa shape index (κ3) is 1.56. The van der Waals surface area contributed by atoms with Gasteiger partial charge < -0.3 is 4.74 Å². The average molecular weight is 237 g/mol. The van der Waals surface area contributed by atoms with Crippen molar-refractivity contribution in [3.8, 4) is 0 Å². The Hall–Kier alpha value is -1.39. The van der Waals surface area contributed by atoms with E-state index in [0.717, 1.165) is 5.69 Å². The zero-order valence-corrected chi connectivity index (χ0v) is 11.0. The largest absolute Gasteiger partial charge is 0.461 e. The zero-order valence-electron chi connectivity index (χ0n) is 11.0.